The maximum atomic E-state index is 8.47. The summed E-state index contributed by atoms with van der Waals surface area (Å²) < 4.78 is 5.37. The molecule has 0 bridgehead atoms. The predicted octanol–water partition coefficient (Wildman–Crippen LogP) is 0.891. The van der Waals surface area contributed by atoms with Crippen molar-refractivity contribution in [1.82, 2.24) is 0 Å². The third kappa shape index (κ3) is 2.90. The van der Waals surface area contributed by atoms with Gasteiger partial charge in [0, 0.05) is 0 Å². The summed E-state index contributed by atoms with van der Waals surface area (Å²) in [6.45, 7) is 0.666. The molecule has 60 valence electrons. The number of thioether (sulfide) groups is 1. The molecule has 0 amide bonds. The Balaban J connectivity index is 2.02. The normalized spacial score (nSPS) is 21.3. The molecule has 2 nitrogen and oxygen atoms in total. The van der Waals surface area contributed by atoms with Gasteiger partial charge in [0.05, 0.1) is 19.3 Å². The number of aliphatic hydroxyl groups is 1. The number of hydrogen-bond donors (Lipinski definition) is 1. The molecule has 0 aromatic heterocycles. The van der Waals surface area contributed by atoms with Crippen molar-refractivity contribution >= 4 is 11.8 Å². The minimum atomic E-state index is 0.156. The van der Waals surface area contributed by atoms with Crippen LogP contribution in [0.1, 0.15) is 12.8 Å². The van der Waals surface area contributed by atoms with Gasteiger partial charge in [-0.15, -0.1) is 0 Å². The molecule has 0 aromatic carbocycles. The molecule has 0 spiro atoms. The van der Waals surface area contributed by atoms with Crippen molar-refractivity contribution in [2.45, 2.75) is 18.9 Å². The van der Waals surface area contributed by atoms with Crippen molar-refractivity contribution in [2.24, 2.45) is 0 Å². The molecule has 1 rings (SSSR count). The van der Waals surface area contributed by atoms with E-state index in [9.17, 15) is 0 Å². The van der Waals surface area contributed by atoms with Crippen LogP contribution >= 0.6 is 11.8 Å². The number of aliphatic hydroxyl groups excluding tert-OH is 1. The molecule has 1 fully saturated rings. The monoisotopic (exact) mass is 162 g/mol. The van der Waals surface area contributed by atoms with Crippen LogP contribution in [-0.2, 0) is 4.74 Å². The lowest BCUT2D eigenvalue weighted by atomic mass is 10.2. The van der Waals surface area contributed by atoms with Gasteiger partial charge in [-0.1, -0.05) is 0 Å². The van der Waals surface area contributed by atoms with E-state index in [1.165, 1.54) is 11.5 Å². The highest BCUT2D eigenvalue weighted by atomic mass is 32.2. The van der Waals surface area contributed by atoms with Crippen LogP contribution in [0.2, 0.25) is 0 Å². The van der Waals surface area contributed by atoms with Crippen LogP contribution in [0, 0.1) is 0 Å². The fraction of sp³-hybridized carbons (Fsp3) is 1.00. The molecule has 0 aromatic rings. The van der Waals surface area contributed by atoms with E-state index in [1.807, 2.05) is 11.8 Å². The van der Waals surface area contributed by atoms with Gasteiger partial charge < -0.3 is 9.84 Å². The van der Waals surface area contributed by atoms with Gasteiger partial charge in [0.15, 0.2) is 0 Å². The van der Waals surface area contributed by atoms with Crippen molar-refractivity contribution in [2.75, 3.05) is 24.7 Å². The van der Waals surface area contributed by atoms with E-state index < -0.39 is 0 Å². The molecule has 0 radical (unpaired) electrons. The molecule has 3 heteroatoms. The molecule has 0 saturated carbocycles. The first kappa shape index (κ1) is 8.37. The second-order valence-electron chi connectivity index (χ2n) is 2.41. The number of ether oxygens (including phenoxy) is 1. The van der Waals surface area contributed by atoms with Crippen LogP contribution < -0.4 is 0 Å². The van der Waals surface area contributed by atoms with Crippen molar-refractivity contribution in [3.05, 3.63) is 0 Å². The van der Waals surface area contributed by atoms with Gasteiger partial charge in [-0.2, -0.15) is 11.8 Å². The van der Waals surface area contributed by atoms with Crippen molar-refractivity contribution in [3.8, 4) is 0 Å². The standard InChI is InChI=1S/C7H14O2S/c8-3-4-9-7-1-5-10-6-2-7/h7-8H,1-6H2. The summed E-state index contributed by atoms with van der Waals surface area (Å²) in [4.78, 5) is 0. The zero-order chi connectivity index (χ0) is 7.23. The van der Waals surface area contributed by atoms with E-state index in [4.69, 9.17) is 9.84 Å². The fourth-order valence-corrected chi connectivity index (χ4v) is 2.13. The lowest BCUT2D eigenvalue weighted by molar-refractivity contribution is 0.0247. The maximum absolute atomic E-state index is 8.47. The van der Waals surface area contributed by atoms with Gasteiger partial charge in [-0.25, -0.2) is 0 Å². The fourth-order valence-electron chi connectivity index (χ4n) is 1.06. The summed E-state index contributed by atoms with van der Waals surface area (Å²) in [5, 5.41) is 8.47. The molecule has 10 heavy (non-hydrogen) atoms. The second kappa shape index (κ2) is 4.99. The molecule has 0 unspecified atom stereocenters. The summed E-state index contributed by atoms with van der Waals surface area (Å²) in [5.74, 6) is 2.44. The molecule has 1 aliphatic rings. The highest BCUT2D eigenvalue weighted by Gasteiger charge is 2.12. The largest absolute Gasteiger partial charge is 0.394 e. The summed E-state index contributed by atoms with van der Waals surface area (Å²) in [6, 6.07) is 0. The third-order valence-electron chi connectivity index (χ3n) is 1.61. The van der Waals surface area contributed by atoms with E-state index in [0.717, 1.165) is 12.8 Å². The quantitative estimate of drug-likeness (QED) is 0.668. The Morgan fingerprint density at radius 1 is 1.40 bits per heavy atom. The van der Waals surface area contributed by atoms with E-state index in [0.29, 0.717) is 12.7 Å². The van der Waals surface area contributed by atoms with Gasteiger partial charge in [0.25, 0.3) is 0 Å². The number of hydrogen-bond acceptors (Lipinski definition) is 3. The summed E-state index contributed by atoms with van der Waals surface area (Å²) in [5.41, 5.74) is 0. The van der Waals surface area contributed by atoms with Gasteiger partial charge in [-0.05, 0) is 24.3 Å². The molecule has 1 saturated heterocycles. The lowest BCUT2D eigenvalue weighted by Gasteiger charge is -2.20. The molecular formula is C7H14O2S. The van der Waals surface area contributed by atoms with Crippen LogP contribution in [-0.4, -0.2) is 35.9 Å². The minimum Gasteiger partial charge on any atom is -0.394 e. The molecule has 0 aliphatic carbocycles. The van der Waals surface area contributed by atoms with Crippen LogP contribution in [0.15, 0.2) is 0 Å². The highest BCUT2D eigenvalue weighted by Crippen LogP contribution is 2.19. The lowest BCUT2D eigenvalue weighted by Crippen LogP contribution is -2.20. The predicted molar refractivity (Wildman–Crippen MR) is 43.4 cm³/mol. The zero-order valence-electron chi connectivity index (χ0n) is 6.08. The second-order valence-corrected chi connectivity index (χ2v) is 3.63. The Labute approximate surface area is 66.0 Å². The minimum absolute atomic E-state index is 0.156. The molecular weight excluding hydrogens is 148 g/mol. The molecule has 1 heterocycles. The van der Waals surface area contributed by atoms with Gasteiger partial charge in [-0.3, -0.25) is 0 Å². The average Bonchev–Trinajstić information content (AvgIpc) is 2.03. The van der Waals surface area contributed by atoms with E-state index in [2.05, 4.69) is 0 Å². The Hall–Kier alpha value is 0.270. The summed E-state index contributed by atoms with van der Waals surface area (Å²) >= 11 is 1.99. The van der Waals surface area contributed by atoms with Gasteiger partial charge in [0.2, 0.25) is 0 Å². The van der Waals surface area contributed by atoms with Gasteiger partial charge >= 0.3 is 0 Å². The number of rotatable bonds is 3. The molecule has 1 aliphatic heterocycles. The smallest absolute Gasteiger partial charge is 0.0701 e. The topological polar surface area (TPSA) is 29.5 Å². The Bertz CT molecular complexity index is 81.7. The summed E-state index contributed by atoms with van der Waals surface area (Å²) in [6.07, 6.45) is 2.74. The maximum Gasteiger partial charge on any atom is 0.0701 e. The van der Waals surface area contributed by atoms with Crippen molar-refractivity contribution in [1.29, 1.82) is 0 Å². The van der Waals surface area contributed by atoms with Crippen LogP contribution in [0.3, 0.4) is 0 Å². The highest BCUT2D eigenvalue weighted by molar-refractivity contribution is 7.99. The Morgan fingerprint density at radius 3 is 2.70 bits per heavy atom. The average molecular weight is 162 g/mol. The summed E-state index contributed by atoms with van der Waals surface area (Å²) in [7, 11) is 0. The van der Waals surface area contributed by atoms with Crippen LogP contribution in [0.5, 0.6) is 0 Å². The Morgan fingerprint density at radius 2 is 2.10 bits per heavy atom. The van der Waals surface area contributed by atoms with Crippen LogP contribution in [0.25, 0.3) is 0 Å². The van der Waals surface area contributed by atoms with Crippen molar-refractivity contribution < 1.29 is 9.84 Å². The molecule has 0 atom stereocenters. The van der Waals surface area contributed by atoms with Gasteiger partial charge in [0.1, 0.15) is 0 Å². The van der Waals surface area contributed by atoms with Crippen molar-refractivity contribution in [3.63, 3.8) is 0 Å². The zero-order valence-corrected chi connectivity index (χ0v) is 6.90. The van der Waals surface area contributed by atoms with Crippen LogP contribution in [0.4, 0.5) is 0 Å². The molecule has 1 N–H and O–H groups in total. The Kier molecular flexibility index (Phi) is 4.18. The SMILES string of the molecule is OCCOC1CCSCC1. The van der Waals surface area contributed by atoms with E-state index in [-0.39, 0.29) is 6.61 Å². The first-order chi connectivity index (χ1) is 4.93. The third-order valence-corrected chi connectivity index (χ3v) is 2.66. The first-order valence-electron chi connectivity index (χ1n) is 3.73. The van der Waals surface area contributed by atoms with E-state index in [1.54, 1.807) is 0 Å². The van der Waals surface area contributed by atoms with E-state index >= 15 is 0 Å². The first-order valence-corrected chi connectivity index (χ1v) is 4.89.